The van der Waals surface area contributed by atoms with Crippen molar-refractivity contribution < 1.29 is 38.9 Å². The van der Waals surface area contributed by atoms with E-state index in [0.717, 1.165) is 11.1 Å². The Hall–Kier alpha value is -5.76. The summed E-state index contributed by atoms with van der Waals surface area (Å²) < 4.78 is 11.0. The molecule has 0 aliphatic heterocycles. The van der Waals surface area contributed by atoms with E-state index in [4.69, 9.17) is 9.47 Å². The second-order valence-electron chi connectivity index (χ2n) is 11.5. The van der Waals surface area contributed by atoms with E-state index in [9.17, 15) is 29.4 Å². The summed E-state index contributed by atoms with van der Waals surface area (Å²) in [5.41, 5.74) is 3.26. The average molecular weight is 661 g/mol. The van der Waals surface area contributed by atoms with Crippen LogP contribution in [0.4, 0.5) is 0 Å². The van der Waals surface area contributed by atoms with Gasteiger partial charge in [-0.15, -0.1) is 0 Å². The van der Waals surface area contributed by atoms with Crippen LogP contribution in [0, 0.1) is 0 Å². The highest BCUT2D eigenvalue weighted by atomic mass is 16.5. The Balaban J connectivity index is 1.40. The fourth-order valence-electron chi connectivity index (χ4n) is 5.12. The number of ether oxygens (including phenoxy) is 2. The molecule has 0 unspecified atom stereocenters. The van der Waals surface area contributed by atoms with Crippen molar-refractivity contribution in [3.63, 3.8) is 0 Å². The van der Waals surface area contributed by atoms with Crippen LogP contribution >= 0.6 is 0 Å². The van der Waals surface area contributed by atoms with Gasteiger partial charge in [-0.25, -0.2) is 0 Å². The van der Waals surface area contributed by atoms with Crippen LogP contribution in [-0.2, 0) is 32.0 Å². The van der Waals surface area contributed by atoms with Crippen molar-refractivity contribution in [2.45, 2.75) is 51.0 Å². The standard InChI is InChI=1S/C41H40O8/c1-48-39-26-31(20-24-35(39)44)18-22-33(42)28-34(43)23-19-32-21-25-36(45)40(27-32)49-41(37(46)16-8-14-29-10-4-2-5-11-29)38(47)17-9-15-30-12-6-3-7-13-30/h2-7,10-13,18-27,41,44-45H,8-9,14-17,28H2,1H3/b22-18+,23-19+. The van der Waals surface area contributed by atoms with Crippen LogP contribution in [0.3, 0.4) is 0 Å². The molecule has 252 valence electrons. The minimum atomic E-state index is -1.39. The lowest BCUT2D eigenvalue weighted by atomic mass is 9.98. The van der Waals surface area contributed by atoms with Crippen LogP contribution in [0.25, 0.3) is 12.2 Å². The van der Waals surface area contributed by atoms with Crippen molar-refractivity contribution in [2.24, 2.45) is 0 Å². The number of hydrogen-bond acceptors (Lipinski definition) is 8. The fourth-order valence-corrected chi connectivity index (χ4v) is 5.12. The molecule has 0 heterocycles. The van der Waals surface area contributed by atoms with Gasteiger partial charge in [-0.3, -0.25) is 19.2 Å². The molecule has 0 saturated heterocycles. The van der Waals surface area contributed by atoms with Crippen LogP contribution in [-0.4, -0.2) is 46.6 Å². The molecule has 8 heteroatoms. The number of phenols is 2. The fraction of sp³-hybridized carbons (Fsp3) is 0.220. The van der Waals surface area contributed by atoms with Crippen molar-refractivity contribution in [3.05, 3.63) is 131 Å². The van der Waals surface area contributed by atoms with Gasteiger partial charge in [0.15, 0.2) is 46.1 Å². The average Bonchev–Trinajstić information content (AvgIpc) is 3.11. The van der Waals surface area contributed by atoms with Crippen molar-refractivity contribution in [3.8, 4) is 23.0 Å². The molecule has 0 aromatic heterocycles. The monoisotopic (exact) mass is 660 g/mol. The highest BCUT2D eigenvalue weighted by Gasteiger charge is 2.28. The Morgan fingerprint density at radius 2 is 1.08 bits per heavy atom. The maximum Gasteiger partial charge on any atom is 0.214 e. The van der Waals surface area contributed by atoms with E-state index in [-0.39, 0.29) is 53.8 Å². The molecular formula is C41H40O8. The first-order valence-electron chi connectivity index (χ1n) is 16.1. The molecule has 0 spiro atoms. The number of carbonyl (C=O) groups is 4. The lowest BCUT2D eigenvalue weighted by Crippen LogP contribution is -2.36. The summed E-state index contributed by atoms with van der Waals surface area (Å²) in [6, 6.07) is 28.5. The summed E-state index contributed by atoms with van der Waals surface area (Å²) in [6.45, 7) is 0. The molecule has 0 saturated carbocycles. The summed E-state index contributed by atoms with van der Waals surface area (Å²) >= 11 is 0. The van der Waals surface area contributed by atoms with Gasteiger partial charge in [0.2, 0.25) is 6.10 Å². The third kappa shape index (κ3) is 11.8. The maximum absolute atomic E-state index is 13.4. The number of ketones is 4. The van der Waals surface area contributed by atoms with E-state index >= 15 is 0 Å². The molecule has 4 aromatic carbocycles. The first-order valence-corrected chi connectivity index (χ1v) is 16.1. The van der Waals surface area contributed by atoms with Crippen LogP contribution in [0.2, 0.25) is 0 Å². The lowest BCUT2D eigenvalue weighted by molar-refractivity contribution is -0.137. The predicted octanol–water partition coefficient (Wildman–Crippen LogP) is 7.29. The Bertz CT molecular complexity index is 1730. The van der Waals surface area contributed by atoms with Gasteiger partial charge in [0.25, 0.3) is 0 Å². The maximum atomic E-state index is 13.4. The van der Waals surface area contributed by atoms with Gasteiger partial charge in [-0.1, -0.05) is 84.9 Å². The number of methoxy groups -OCH3 is 1. The van der Waals surface area contributed by atoms with Crippen LogP contribution in [0.5, 0.6) is 23.0 Å². The van der Waals surface area contributed by atoms with Gasteiger partial charge in [0.05, 0.1) is 13.5 Å². The van der Waals surface area contributed by atoms with E-state index < -0.39 is 17.7 Å². The van der Waals surface area contributed by atoms with E-state index in [2.05, 4.69) is 0 Å². The molecule has 4 aromatic rings. The predicted molar refractivity (Wildman–Crippen MR) is 189 cm³/mol. The summed E-state index contributed by atoms with van der Waals surface area (Å²) in [7, 11) is 1.42. The smallest absolute Gasteiger partial charge is 0.214 e. The van der Waals surface area contributed by atoms with Crippen molar-refractivity contribution >= 4 is 35.3 Å². The zero-order valence-corrected chi connectivity index (χ0v) is 27.4. The molecule has 8 nitrogen and oxygen atoms in total. The van der Waals surface area contributed by atoms with Gasteiger partial charge in [-0.2, -0.15) is 0 Å². The minimum Gasteiger partial charge on any atom is -0.504 e. The third-order valence-electron chi connectivity index (χ3n) is 7.75. The molecule has 0 radical (unpaired) electrons. The lowest BCUT2D eigenvalue weighted by Gasteiger charge is -2.18. The summed E-state index contributed by atoms with van der Waals surface area (Å²) in [5, 5.41) is 20.3. The number of rotatable bonds is 19. The van der Waals surface area contributed by atoms with Crippen LogP contribution < -0.4 is 9.47 Å². The van der Waals surface area contributed by atoms with Crippen molar-refractivity contribution in [2.75, 3.05) is 7.11 Å². The minimum absolute atomic E-state index is 0.0273. The summed E-state index contributed by atoms with van der Waals surface area (Å²) in [6.07, 6.45) is 6.41. The molecule has 0 aliphatic carbocycles. The molecule has 0 amide bonds. The third-order valence-corrected chi connectivity index (χ3v) is 7.75. The van der Waals surface area contributed by atoms with E-state index in [1.165, 1.54) is 49.6 Å². The van der Waals surface area contributed by atoms with Gasteiger partial charge < -0.3 is 19.7 Å². The zero-order valence-electron chi connectivity index (χ0n) is 27.4. The molecule has 49 heavy (non-hydrogen) atoms. The topological polar surface area (TPSA) is 127 Å². The number of benzene rings is 4. The van der Waals surface area contributed by atoms with Crippen LogP contribution in [0.1, 0.15) is 54.4 Å². The zero-order chi connectivity index (χ0) is 35.0. The largest absolute Gasteiger partial charge is 0.504 e. The van der Waals surface area contributed by atoms with Gasteiger partial charge in [-0.05, 0) is 84.4 Å². The number of aryl methyl sites for hydroxylation is 2. The Labute approximate surface area is 286 Å². The number of allylic oxidation sites excluding steroid dienone is 2. The molecule has 4 rings (SSSR count). The first-order chi connectivity index (χ1) is 23.7. The number of phenolic OH excluding ortho intramolecular Hbond substituents is 2. The number of carbonyl (C=O) groups excluding carboxylic acids is 4. The van der Waals surface area contributed by atoms with Crippen molar-refractivity contribution in [1.29, 1.82) is 0 Å². The van der Waals surface area contributed by atoms with Gasteiger partial charge in [0.1, 0.15) is 0 Å². The second-order valence-corrected chi connectivity index (χ2v) is 11.5. The highest BCUT2D eigenvalue weighted by Crippen LogP contribution is 2.30. The Morgan fingerprint density at radius 3 is 1.55 bits per heavy atom. The molecule has 0 atom stereocenters. The van der Waals surface area contributed by atoms with E-state index in [0.29, 0.717) is 36.8 Å². The quantitative estimate of drug-likeness (QED) is 0.0793. The Morgan fingerprint density at radius 1 is 0.633 bits per heavy atom. The Kier molecular flexibility index (Phi) is 13.7. The highest BCUT2D eigenvalue weighted by molar-refractivity contribution is 6.11. The second kappa shape index (κ2) is 18.5. The molecule has 0 fully saturated rings. The molecular weight excluding hydrogens is 620 g/mol. The number of hydrogen-bond donors (Lipinski definition) is 2. The molecule has 0 aliphatic rings. The van der Waals surface area contributed by atoms with Crippen molar-refractivity contribution in [1.82, 2.24) is 0 Å². The molecule has 2 N–H and O–H groups in total. The van der Waals surface area contributed by atoms with Crippen LogP contribution in [0.15, 0.2) is 109 Å². The normalized spacial score (nSPS) is 11.2. The van der Waals surface area contributed by atoms with E-state index in [1.807, 2.05) is 60.7 Å². The van der Waals surface area contributed by atoms with Gasteiger partial charge in [0, 0.05) is 12.8 Å². The first kappa shape index (κ1) is 36.1. The summed E-state index contributed by atoms with van der Waals surface area (Å²) in [5.74, 6) is -1.69. The van der Waals surface area contributed by atoms with E-state index in [1.54, 1.807) is 18.2 Å². The number of Topliss-reactive ketones (excluding diaryl/α,β-unsaturated/α-hetero) is 2. The SMILES string of the molecule is COc1cc(/C=C/C(=O)CC(=O)/C=C/c2ccc(O)c(OC(C(=O)CCCc3ccccc3)C(=O)CCCc3ccccc3)c2)ccc1O. The summed E-state index contributed by atoms with van der Waals surface area (Å²) in [4.78, 5) is 51.7. The molecule has 0 bridgehead atoms. The van der Waals surface area contributed by atoms with Gasteiger partial charge >= 0.3 is 0 Å². The number of aromatic hydroxyl groups is 2.